The molecule has 0 aliphatic heterocycles. The Morgan fingerprint density at radius 2 is 1.95 bits per heavy atom. The highest BCUT2D eigenvalue weighted by molar-refractivity contribution is 5.69. The van der Waals surface area contributed by atoms with E-state index in [4.69, 9.17) is 10.5 Å². The maximum Gasteiger partial charge on any atom is 0.407 e. The van der Waals surface area contributed by atoms with Gasteiger partial charge in [0.05, 0.1) is 0 Å². The molecule has 0 bridgehead atoms. The number of hydrogen-bond donors (Lipinski definition) is 2. The van der Waals surface area contributed by atoms with Gasteiger partial charge in [-0.25, -0.2) is 4.79 Å². The van der Waals surface area contributed by atoms with E-state index in [0.29, 0.717) is 6.54 Å². The second-order valence-corrected chi connectivity index (χ2v) is 4.92. The summed E-state index contributed by atoms with van der Waals surface area (Å²) in [5, 5.41) is 2.67. The molecule has 0 saturated carbocycles. The fraction of sp³-hybridized carbons (Fsp3) is 0.167. The summed E-state index contributed by atoms with van der Waals surface area (Å²) < 4.78 is 5.11. The largest absolute Gasteiger partial charge is 0.445 e. The van der Waals surface area contributed by atoms with E-state index >= 15 is 0 Å². The van der Waals surface area contributed by atoms with Gasteiger partial charge in [0, 0.05) is 12.2 Å². The molecule has 3 N–H and O–H groups in total. The van der Waals surface area contributed by atoms with Crippen molar-refractivity contribution in [2.45, 2.75) is 13.5 Å². The van der Waals surface area contributed by atoms with Crippen molar-refractivity contribution < 1.29 is 9.53 Å². The summed E-state index contributed by atoms with van der Waals surface area (Å²) in [6.45, 7) is 2.62. The monoisotopic (exact) mass is 296 g/mol. The van der Waals surface area contributed by atoms with E-state index in [9.17, 15) is 4.79 Å². The van der Waals surface area contributed by atoms with Gasteiger partial charge in [0.1, 0.15) is 6.61 Å². The van der Waals surface area contributed by atoms with Crippen LogP contribution in [0, 0.1) is 6.92 Å². The lowest BCUT2D eigenvalue weighted by atomic mass is 10.1. The Morgan fingerprint density at radius 1 is 1.18 bits per heavy atom. The first-order chi connectivity index (χ1) is 10.7. The molecule has 0 fully saturated rings. The lowest BCUT2D eigenvalue weighted by Crippen LogP contribution is -2.24. The summed E-state index contributed by atoms with van der Waals surface area (Å²) in [7, 11) is 0. The molecule has 0 atom stereocenters. The summed E-state index contributed by atoms with van der Waals surface area (Å²) in [6.07, 6.45) is 3.29. The zero-order chi connectivity index (χ0) is 15.8. The molecule has 0 aliphatic carbocycles. The number of alkyl carbamates (subject to hydrolysis) is 1. The fourth-order valence-corrected chi connectivity index (χ4v) is 1.95. The summed E-state index contributed by atoms with van der Waals surface area (Å²) in [5.41, 5.74) is 9.67. The van der Waals surface area contributed by atoms with Gasteiger partial charge >= 0.3 is 6.09 Å². The molecule has 1 amide bonds. The molecular weight excluding hydrogens is 276 g/mol. The maximum atomic E-state index is 11.6. The second-order valence-electron chi connectivity index (χ2n) is 4.92. The zero-order valence-corrected chi connectivity index (χ0v) is 12.6. The van der Waals surface area contributed by atoms with Gasteiger partial charge in [-0.05, 0) is 23.6 Å². The Bertz CT molecular complexity index is 651. The minimum Gasteiger partial charge on any atom is -0.445 e. The Balaban J connectivity index is 1.75. The maximum absolute atomic E-state index is 11.6. The number of aryl methyl sites for hydroxylation is 1. The van der Waals surface area contributed by atoms with Crippen molar-refractivity contribution in [3.05, 3.63) is 71.3 Å². The van der Waals surface area contributed by atoms with Crippen molar-refractivity contribution in [2.75, 3.05) is 12.3 Å². The predicted octanol–water partition coefficient (Wildman–Crippen LogP) is 3.52. The molecule has 22 heavy (non-hydrogen) atoms. The van der Waals surface area contributed by atoms with Crippen LogP contribution < -0.4 is 11.1 Å². The summed E-state index contributed by atoms with van der Waals surface area (Å²) in [4.78, 5) is 11.6. The lowest BCUT2D eigenvalue weighted by molar-refractivity contribution is 0.141. The van der Waals surface area contributed by atoms with E-state index in [-0.39, 0.29) is 6.61 Å². The van der Waals surface area contributed by atoms with Gasteiger partial charge < -0.3 is 15.8 Å². The van der Waals surface area contributed by atoms with Crippen molar-refractivity contribution in [1.29, 1.82) is 0 Å². The van der Waals surface area contributed by atoms with Crippen LogP contribution in [0.1, 0.15) is 16.7 Å². The highest BCUT2D eigenvalue weighted by Crippen LogP contribution is 2.17. The van der Waals surface area contributed by atoms with Crippen LogP contribution in [0.5, 0.6) is 0 Å². The molecule has 2 rings (SSSR count). The van der Waals surface area contributed by atoms with Crippen LogP contribution in [0.2, 0.25) is 0 Å². The van der Waals surface area contributed by atoms with Crippen LogP contribution in [-0.2, 0) is 11.3 Å². The second kappa shape index (κ2) is 7.88. The van der Waals surface area contributed by atoms with Gasteiger partial charge in [0.2, 0.25) is 0 Å². The number of amides is 1. The molecule has 0 aromatic heterocycles. The van der Waals surface area contributed by atoms with E-state index in [1.807, 2.05) is 67.6 Å². The number of carbonyl (C=O) groups is 1. The van der Waals surface area contributed by atoms with Crippen LogP contribution >= 0.6 is 0 Å². The third-order valence-electron chi connectivity index (χ3n) is 3.23. The smallest absolute Gasteiger partial charge is 0.407 e. The van der Waals surface area contributed by atoms with Gasteiger partial charge in [-0.3, -0.25) is 0 Å². The minimum atomic E-state index is -0.439. The lowest BCUT2D eigenvalue weighted by Gasteiger charge is -2.06. The zero-order valence-electron chi connectivity index (χ0n) is 12.6. The fourth-order valence-electron chi connectivity index (χ4n) is 1.95. The highest BCUT2D eigenvalue weighted by Gasteiger charge is 2.01. The molecular formula is C18H20N2O2. The van der Waals surface area contributed by atoms with Crippen molar-refractivity contribution in [2.24, 2.45) is 0 Å². The Labute approximate surface area is 130 Å². The van der Waals surface area contributed by atoms with E-state index in [0.717, 1.165) is 22.4 Å². The number of carbonyl (C=O) groups excluding carboxylic acids is 1. The molecule has 2 aromatic carbocycles. The van der Waals surface area contributed by atoms with E-state index in [1.54, 1.807) is 0 Å². The quantitative estimate of drug-likeness (QED) is 0.830. The Hall–Kier alpha value is -2.75. The number of anilines is 1. The molecule has 0 radical (unpaired) electrons. The van der Waals surface area contributed by atoms with Crippen LogP contribution in [0.3, 0.4) is 0 Å². The van der Waals surface area contributed by atoms with Crippen molar-refractivity contribution in [3.8, 4) is 0 Å². The first-order valence-electron chi connectivity index (χ1n) is 7.13. The molecule has 4 heteroatoms. The first kappa shape index (κ1) is 15.6. The molecule has 0 saturated heterocycles. The molecule has 4 nitrogen and oxygen atoms in total. The number of ether oxygens (including phenoxy) is 1. The Morgan fingerprint density at radius 3 is 2.73 bits per heavy atom. The molecule has 2 aromatic rings. The molecule has 0 aliphatic rings. The molecule has 0 spiro atoms. The van der Waals surface area contributed by atoms with Gasteiger partial charge in [-0.2, -0.15) is 0 Å². The summed E-state index contributed by atoms with van der Waals surface area (Å²) in [6, 6.07) is 15.4. The van der Waals surface area contributed by atoms with Crippen LogP contribution in [0.15, 0.2) is 54.6 Å². The van der Waals surface area contributed by atoms with E-state index < -0.39 is 6.09 Å². The Kier molecular flexibility index (Phi) is 5.60. The predicted molar refractivity (Wildman–Crippen MR) is 89.3 cm³/mol. The topological polar surface area (TPSA) is 64.3 Å². The van der Waals surface area contributed by atoms with Crippen molar-refractivity contribution in [1.82, 2.24) is 5.32 Å². The third kappa shape index (κ3) is 4.66. The number of rotatable bonds is 5. The SMILES string of the molecule is Cc1cccc(C=CCNC(=O)OCc2ccccc2)c1N. The van der Waals surface area contributed by atoms with Crippen molar-refractivity contribution >= 4 is 17.9 Å². The van der Waals surface area contributed by atoms with Gasteiger partial charge in [0.15, 0.2) is 0 Å². The van der Waals surface area contributed by atoms with Crippen molar-refractivity contribution in [3.63, 3.8) is 0 Å². The number of nitrogens with one attached hydrogen (secondary N) is 1. The molecule has 0 unspecified atom stereocenters. The first-order valence-corrected chi connectivity index (χ1v) is 7.13. The van der Waals surface area contributed by atoms with Crippen LogP contribution in [-0.4, -0.2) is 12.6 Å². The number of para-hydroxylation sites is 1. The van der Waals surface area contributed by atoms with Gasteiger partial charge in [0.25, 0.3) is 0 Å². The number of hydrogen-bond acceptors (Lipinski definition) is 3. The molecule has 114 valence electrons. The average Bonchev–Trinajstić information content (AvgIpc) is 2.54. The van der Waals surface area contributed by atoms with Crippen LogP contribution in [0.4, 0.5) is 10.5 Å². The van der Waals surface area contributed by atoms with E-state index in [2.05, 4.69) is 5.32 Å². The summed E-state index contributed by atoms with van der Waals surface area (Å²) >= 11 is 0. The third-order valence-corrected chi connectivity index (χ3v) is 3.23. The number of benzene rings is 2. The standard InChI is InChI=1S/C18H20N2O2/c1-14-7-5-10-16(17(14)19)11-6-12-20-18(21)22-13-15-8-3-2-4-9-15/h2-11H,12-13,19H2,1H3,(H,20,21). The summed E-state index contributed by atoms with van der Waals surface area (Å²) in [5.74, 6) is 0. The normalized spacial score (nSPS) is 10.6. The number of nitrogens with two attached hydrogens (primary N) is 1. The highest BCUT2D eigenvalue weighted by atomic mass is 16.5. The average molecular weight is 296 g/mol. The molecule has 0 heterocycles. The minimum absolute atomic E-state index is 0.265. The van der Waals surface area contributed by atoms with Crippen LogP contribution in [0.25, 0.3) is 6.08 Å². The van der Waals surface area contributed by atoms with Gasteiger partial charge in [-0.15, -0.1) is 0 Å². The van der Waals surface area contributed by atoms with E-state index in [1.165, 1.54) is 0 Å². The number of nitrogen functional groups attached to an aromatic ring is 1. The van der Waals surface area contributed by atoms with Gasteiger partial charge in [-0.1, -0.05) is 60.7 Å².